The quantitative estimate of drug-likeness (QED) is 0.431. The Labute approximate surface area is 217 Å². The Hall–Kier alpha value is -3.52. The van der Waals surface area contributed by atoms with E-state index in [1.54, 1.807) is 20.2 Å². The first-order valence-corrected chi connectivity index (χ1v) is 12.3. The third kappa shape index (κ3) is 7.24. The zero-order valence-electron chi connectivity index (χ0n) is 22.2. The van der Waals surface area contributed by atoms with Crippen LogP contribution in [0.1, 0.15) is 53.3 Å². The zero-order chi connectivity index (χ0) is 26.2. The molecule has 0 saturated carbocycles. The molecule has 1 saturated heterocycles. The molecule has 0 aliphatic carbocycles. The van der Waals surface area contributed by atoms with E-state index in [1.807, 2.05) is 50.2 Å². The maximum absolute atomic E-state index is 8.08. The van der Waals surface area contributed by atoms with Crippen molar-refractivity contribution in [1.82, 2.24) is 19.9 Å². The summed E-state index contributed by atoms with van der Waals surface area (Å²) in [7, 11) is 1.65. The molecule has 8 heteroatoms. The Morgan fingerprint density at radius 3 is 2.31 bits per heavy atom. The number of hydrogen-bond donors (Lipinski definition) is 2. The summed E-state index contributed by atoms with van der Waals surface area (Å²) in [6.07, 6.45) is 3.70. The molecule has 0 amide bonds. The number of nitrogens with two attached hydrogens (primary N) is 1. The van der Waals surface area contributed by atoms with E-state index in [0.29, 0.717) is 34.8 Å². The van der Waals surface area contributed by atoms with E-state index in [2.05, 4.69) is 33.7 Å². The van der Waals surface area contributed by atoms with Crippen molar-refractivity contribution in [3.8, 4) is 23.0 Å². The number of anilines is 1. The highest BCUT2D eigenvalue weighted by Crippen LogP contribution is 2.29. The van der Waals surface area contributed by atoms with Crippen LogP contribution in [0.5, 0.6) is 11.6 Å². The number of benzene rings is 1. The number of hydrogen-bond acceptors (Lipinski definition) is 8. The molecule has 196 valence electrons. The maximum atomic E-state index is 8.08. The second-order valence-corrected chi connectivity index (χ2v) is 9.39. The molecule has 1 fully saturated rings. The van der Waals surface area contributed by atoms with Gasteiger partial charge in [0.25, 0.3) is 0 Å². The van der Waals surface area contributed by atoms with Crippen LogP contribution >= 0.6 is 0 Å². The van der Waals surface area contributed by atoms with Crippen molar-refractivity contribution >= 4 is 11.5 Å². The van der Waals surface area contributed by atoms with Gasteiger partial charge in [-0.15, -0.1) is 0 Å². The predicted molar refractivity (Wildman–Crippen MR) is 149 cm³/mol. The fourth-order valence-electron chi connectivity index (χ4n) is 4.04. The number of pyridine rings is 1. The van der Waals surface area contributed by atoms with Crippen LogP contribution in [0, 0.1) is 19.3 Å². The molecule has 1 aliphatic heterocycles. The average molecular weight is 495 g/mol. The lowest BCUT2D eigenvalue weighted by molar-refractivity contribution is 0.0812. The number of aromatic nitrogens is 3. The van der Waals surface area contributed by atoms with Crippen molar-refractivity contribution in [2.75, 3.05) is 25.9 Å². The fraction of sp³-hybridized carbons (Fsp3) is 0.429. The summed E-state index contributed by atoms with van der Waals surface area (Å²) >= 11 is 0. The van der Waals surface area contributed by atoms with Crippen LogP contribution in [0.4, 0.5) is 5.82 Å². The summed E-state index contributed by atoms with van der Waals surface area (Å²) in [6, 6.07) is 12.3. The van der Waals surface area contributed by atoms with Crippen LogP contribution in [0.15, 0.2) is 42.6 Å². The van der Waals surface area contributed by atoms with Gasteiger partial charge in [0, 0.05) is 51.2 Å². The fourth-order valence-corrected chi connectivity index (χ4v) is 4.04. The number of likely N-dealkylation sites (tertiary alicyclic amines) is 1. The third-order valence-corrected chi connectivity index (χ3v) is 6.18. The monoisotopic (exact) mass is 494 g/mol. The molecule has 0 radical (unpaired) electrons. The van der Waals surface area contributed by atoms with Crippen molar-refractivity contribution in [1.29, 1.82) is 5.41 Å². The van der Waals surface area contributed by atoms with Gasteiger partial charge in [0.05, 0.1) is 12.7 Å². The number of aryl methyl sites for hydroxylation is 2. The lowest BCUT2D eigenvalue weighted by Crippen LogP contribution is -2.42. The number of methoxy groups -OCH3 is 1. The van der Waals surface area contributed by atoms with Crippen LogP contribution in [0.3, 0.4) is 0 Å². The standard InChI is InChI=1S/C21H29N5O.C7H9NO.2H2/c1-13(2)26-11-9-17(10-12-26)27-21-18(15(4)22)19(23)24-20(25-21)16-7-5-14(3)6-8-16;1-6-5-7(9-2)3-4-8-6;;/h5-8,13,17,22H,9-12H2,1-4H3,(H2,23,24,25);3-5H,1-2H3;2*1H. The lowest BCUT2D eigenvalue weighted by Gasteiger charge is -2.34. The second kappa shape index (κ2) is 12.4. The van der Waals surface area contributed by atoms with E-state index in [-0.39, 0.29) is 8.96 Å². The molecule has 4 rings (SSSR count). The van der Waals surface area contributed by atoms with Crippen molar-refractivity contribution in [2.24, 2.45) is 0 Å². The summed E-state index contributed by atoms with van der Waals surface area (Å²) in [5.74, 6) is 2.12. The van der Waals surface area contributed by atoms with E-state index in [0.717, 1.165) is 42.9 Å². The number of ether oxygens (including phenoxy) is 2. The molecule has 0 bridgehead atoms. The molecule has 36 heavy (non-hydrogen) atoms. The molecule has 0 atom stereocenters. The molecule has 3 aromatic rings. The Balaban J connectivity index is 0.000000560. The van der Waals surface area contributed by atoms with Crippen LogP contribution < -0.4 is 15.2 Å². The van der Waals surface area contributed by atoms with Crippen LogP contribution in [0.25, 0.3) is 11.4 Å². The van der Waals surface area contributed by atoms with Crippen molar-refractivity contribution < 1.29 is 12.3 Å². The van der Waals surface area contributed by atoms with Gasteiger partial charge in [-0.25, -0.2) is 4.98 Å². The summed E-state index contributed by atoms with van der Waals surface area (Å²) in [4.78, 5) is 15.5. The molecular weight excluding hydrogens is 452 g/mol. The van der Waals surface area contributed by atoms with E-state index < -0.39 is 0 Å². The number of nitrogens with zero attached hydrogens (tertiary/aromatic N) is 4. The van der Waals surface area contributed by atoms with Gasteiger partial charge in [-0.2, -0.15) is 4.98 Å². The van der Waals surface area contributed by atoms with Gasteiger partial charge in [0.15, 0.2) is 5.82 Å². The first-order chi connectivity index (χ1) is 17.2. The number of piperidine rings is 1. The number of nitrogens with one attached hydrogen (secondary N) is 1. The van der Waals surface area contributed by atoms with Gasteiger partial charge in [-0.1, -0.05) is 29.8 Å². The summed E-state index contributed by atoms with van der Waals surface area (Å²) < 4.78 is 11.2. The molecule has 3 N–H and O–H groups in total. The summed E-state index contributed by atoms with van der Waals surface area (Å²) in [5, 5.41) is 8.08. The minimum Gasteiger partial charge on any atom is -0.497 e. The highest BCUT2D eigenvalue weighted by atomic mass is 16.5. The largest absolute Gasteiger partial charge is 0.497 e. The van der Waals surface area contributed by atoms with Crippen LogP contribution in [-0.2, 0) is 0 Å². The van der Waals surface area contributed by atoms with Crippen LogP contribution in [0.2, 0.25) is 0 Å². The summed E-state index contributed by atoms with van der Waals surface area (Å²) in [5.41, 5.74) is 10.0. The predicted octanol–water partition coefficient (Wildman–Crippen LogP) is 5.56. The molecule has 2 aromatic heterocycles. The van der Waals surface area contributed by atoms with E-state index in [1.165, 1.54) is 5.56 Å². The Bertz CT molecular complexity index is 1170. The molecule has 0 unspecified atom stereocenters. The maximum Gasteiger partial charge on any atom is 0.228 e. The average Bonchev–Trinajstić information content (AvgIpc) is 2.84. The van der Waals surface area contributed by atoms with Crippen molar-refractivity contribution in [3.05, 3.63) is 59.4 Å². The Morgan fingerprint density at radius 1 is 1.11 bits per heavy atom. The van der Waals surface area contributed by atoms with E-state index >= 15 is 0 Å². The van der Waals surface area contributed by atoms with Gasteiger partial charge in [0.2, 0.25) is 5.88 Å². The third-order valence-electron chi connectivity index (χ3n) is 6.18. The lowest BCUT2D eigenvalue weighted by atomic mass is 10.1. The van der Waals surface area contributed by atoms with Crippen molar-refractivity contribution in [3.63, 3.8) is 0 Å². The Morgan fingerprint density at radius 2 is 1.78 bits per heavy atom. The van der Waals surface area contributed by atoms with Crippen molar-refractivity contribution in [2.45, 2.75) is 59.6 Å². The van der Waals surface area contributed by atoms with E-state index in [9.17, 15) is 0 Å². The van der Waals surface area contributed by atoms with Gasteiger partial charge < -0.3 is 25.5 Å². The number of rotatable bonds is 6. The van der Waals surface area contributed by atoms with E-state index in [4.69, 9.17) is 20.6 Å². The first-order valence-electron chi connectivity index (χ1n) is 12.3. The molecule has 3 heterocycles. The molecule has 1 aliphatic rings. The highest BCUT2D eigenvalue weighted by molar-refractivity contribution is 6.02. The molecule has 8 nitrogen and oxygen atoms in total. The smallest absolute Gasteiger partial charge is 0.228 e. The minimum atomic E-state index is 0. The minimum absolute atomic E-state index is 0. The first kappa shape index (κ1) is 27.1. The second-order valence-electron chi connectivity index (χ2n) is 9.39. The summed E-state index contributed by atoms with van der Waals surface area (Å²) in [6.45, 7) is 12.1. The molecular formula is C28H42N6O2. The van der Waals surface area contributed by atoms with Gasteiger partial charge >= 0.3 is 0 Å². The topological polar surface area (TPSA) is 110 Å². The van der Waals surface area contributed by atoms with Crippen LogP contribution in [-0.4, -0.2) is 57.9 Å². The highest BCUT2D eigenvalue weighted by Gasteiger charge is 2.25. The molecule has 1 aromatic carbocycles. The van der Waals surface area contributed by atoms with Gasteiger partial charge in [-0.3, -0.25) is 4.98 Å². The molecule has 0 spiro atoms. The zero-order valence-corrected chi connectivity index (χ0v) is 22.2. The number of nitrogen functional groups attached to an aromatic ring is 1. The Kier molecular flexibility index (Phi) is 9.36. The van der Waals surface area contributed by atoms with Gasteiger partial charge in [-0.05, 0) is 53.5 Å². The normalized spacial score (nSPS) is 14.2. The SMILES string of the molecule is CC(=N)c1c(N)nc(-c2ccc(C)cc2)nc1OC1CCN(C(C)C)CC1.COc1ccnc(C)c1.[HH].[HH]. The van der Waals surface area contributed by atoms with Gasteiger partial charge in [0.1, 0.15) is 17.7 Å².